The Bertz CT molecular complexity index is 512. The summed E-state index contributed by atoms with van der Waals surface area (Å²) in [5.41, 5.74) is 0.417. The minimum atomic E-state index is -0.606. The highest BCUT2D eigenvalue weighted by atomic mass is 32.1. The molecule has 0 bridgehead atoms. The molecule has 64 valence electrons. The fourth-order valence-corrected chi connectivity index (χ4v) is 1.93. The molecule has 2 nitrogen and oxygen atoms in total. The van der Waals surface area contributed by atoms with Crippen LogP contribution in [0.5, 0.6) is 5.75 Å². The SMILES string of the molecule is N#Cc1ccc2sc(F)c(O)c2c1. The number of aromatic hydroxyl groups is 1. The second-order valence-electron chi connectivity index (χ2n) is 2.55. The predicted molar refractivity (Wildman–Crippen MR) is 48.2 cm³/mol. The first-order chi connectivity index (χ1) is 6.22. The van der Waals surface area contributed by atoms with Crippen LogP contribution in [0.15, 0.2) is 18.2 Å². The monoisotopic (exact) mass is 193 g/mol. The average Bonchev–Trinajstić information content (AvgIpc) is 2.43. The second-order valence-corrected chi connectivity index (χ2v) is 3.55. The number of fused-ring (bicyclic) bond motifs is 1. The molecule has 0 amide bonds. The van der Waals surface area contributed by atoms with Crippen molar-refractivity contribution in [1.29, 1.82) is 5.26 Å². The van der Waals surface area contributed by atoms with Crippen LogP contribution >= 0.6 is 11.3 Å². The summed E-state index contributed by atoms with van der Waals surface area (Å²) in [7, 11) is 0. The molecule has 0 atom stereocenters. The number of nitrogens with zero attached hydrogens (tertiary/aromatic N) is 1. The van der Waals surface area contributed by atoms with Crippen LogP contribution in [-0.4, -0.2) is 5.11 Å². The predicted octanol–water partition coefficient (Wildman–Crippen LogP) is 2.62. The van der Waals surface area contributed by atoms with E-state index in [-0.39, 0.29) is 5.75 Å². The molecule has 0 aliphatic carbocycles. The van der Waals surface area contributed by atoms with Gasteiger partial charge in [0.2, 0.25) is 5.13 Å². The first kappa shape index (κ1) is 8.02. The van der Waals surface area contributed by atoms with Gasteiger partial charge in [-0.15, -0.1) is 11.3 Å². The van der Waals surface area contributed by atoms with Crippen molar-refractivity contribution in [2.45, 2.75) is 0 Å². The van der Waals surface area contributed by atoms with Gasteiger partial charge in [-0.25, -0.2) is 0 Å². The molecule has 1 aromatic heterocycles. The van der Waals surface area contributed by atoms with E-state index in [9.17, 15) is 9.50 Å². The Labute approximate surface area is 77.5 Å². The summed E-state index contributed by atoms with van der Waals surface area (Å²) in [5.74, 6) is -0.364. The molecule has 0 unspecified atom stereocenters. The summed E-state index contributed by atoms with van der Waals surface area (Å²) in [4.78, 5) is 0. The van der Waals surface area contributed by atoms with E-state index in [1.807, 2.05) is 6.07 Å². The number of thiophene rings is 1. The van der Waals surface area contributed by atoms with Gasteiger partial charge in [-0.1, -0.05) is 0 Å². The van der Waals surface area contributed by atoms with Gasteiger partial charge in [-0.05, 0) is 18.2 Å². The van der Waals surface area contributed by atoms with Gasteiger partial charge >= 0.3 is 0 Å². The summed E-state index contributed by atoms with van der Waals surface area (Å²) in [5, 5.41) is 17.6. The van der Waals surface area contributed by atoms with Crippen LogP contribution in [0.3, 0.4) is 0 Å². The van der Waals surface area contributed by atoms with E-state index in [0.29, 0.717) is 15.6 Å². The molecule has 0 radical (unpaired) electrons. The topological polar surface area (TPSA) is 44.0 Å². The summed E-state index contributed by atoms with van der Waals surface area (Å²) in [6.07, 6.45) is 0. The third-order valence-corrected chi connectivity index (χ3v) is 2.70. The lowest BCUT2D eigenvalue weighted by Crippen LogP contribution is -1.71. The third kappa shape index (κ3) is 1.14. The molecule has 1 aromatic carbocycles. The zero-order chi connectivity index (χ0) is 9.42. The lowest BCUT2D eigenvalue weighted by molar-refractivity contribution is 0.448. The minimum absolute atomic E-state index is 0.364. The maximum Gasteiger partial charge on any atom is 0.219 e. The highest BCUT2D eigenvalue weighted by molar-refractivity contribution is 7.17. The smallest absolute Gasteiger partial charge is 0.219 e. The number of nitriles is 1. The second kappa shape index (κ2) is 2.71. The Morgan fingerprint density at radius 1 is 1.46 bits per heavy atom. The minimum Gasteiger partial charge on any atom is -0.504 e. The molecule has 2 aromatic rings. The first-order valence-corrected chi connectivity index (χ1v) is 4.35. The molecule has 0 saturated carbocycles. The van der Waals surface area contributed by atoms with Crippen molar-refractivity contribution in [1.82, 2.24) is 0 Å². The zero-order valence-electron chi connectivity index (χ0n) is 6.41. The van der Waals surface area contributed by atoms with E-state index in [4.69, 9.17) is 5.26 Å². The van der Waals surface area contributed by atoms with Gasteiger partial charge in [0.15, 0.2) is 5.75 Å². The van der Waals surface area contributed by atoms with E-state index in [2.05, 4.69) is 0 Å². The summed E-state index contributed by atoms with van der Waals surface area (Å²) in [6, 6.07) is 6.62. The maximum absolute atomic E-state index is 12.9. The van der Waals surface area contributed by atoms with Crippen molar-refractivity contribution in [2.75, 3.05) is 0 Å². The molecule has 1 N–H and O–H groups in total. The molecular weight excluding hydrogens is 189 g/mol. The molecule has 13 heavy (non-hydrogen) atoms. The van der Waals surface area contributed by atoms with Gasteiger partial charge in [-0.2, -0.15) is 9.65 Å². The standard InChI is InChI=1S/C9H4FNOS/c10-9-8(12)6-3-5(4-11)1-2-7(6)13-9/h1-3,12H. The van der Waals surface area contributed by atoms with E-state index >= 15 is 0 Å². The Balaban J connectivity index is 2.84. The maximum atomic E-state index is 12.9. The molecule has 0 aliphatic rings. The first-order valence-electron chi connectivity index (χ1n) is 3.53. The quantitative estimate of drug-likeness (QED) is 0.698. The van der Waals surface area contributed by atoms with Gasteiger partial charge in [0.25, 0.3) is 0 Å². The number of hydrogen-bond donors (Lipinski definition) is 1. The van der Waals surface area contributed by atoms with Crippen molar-refractivity contribution < 1.29 is 9.50 Å². The number of benzene rings is 1. The molecule has 1 heterocycles. The summed E-state index contributed by atoms with van der Waals surface area (Å²) < 4.78 is 13.5. The average molecular weight is 193 g/mol. The normalized spacial score (nSPS) is 10.2. The largest absolute Gasteiger partial charge is 0.504 e. The van der Waals surface area contributed by atoms with E-state index in [0.717, 1.165) is 11.3 Å². The molecule has 0 spiro atoms. The fraction of sp³-hybridized carbons (Fsp3) is 0. The van der Waals surface area contributed by atoms with Crippen LogP contribution in [0.4, 0.5) is 4.39 Å². The van der Waals surface area contributed by atoms with Crippen LogP contribution in [0.2, 0.25) is 0 Å². The van der Waals surface area contributed by atoms with Gasteiger partial charge in [0, 0.05) is 10.1 Å². The van der Waals surface area contributed by atoms with Crippen LogP contribution in [-0.2, 0) is 0 Å². The third-order valence-electron chi connectivity index (χ3n) is 1.75. The van der Waals surface area contributed by atoms with Crippen LogP contribution in [0.1, 0.15) is 5.56 Å². The molecule has 2 rings (SSSR count). The lowest BCUT2D eigenvalue weighted by Gasteiger charge is -1.90. The molecule has 0 saturated heterocycles. The van der Waals surface area contributed by atoms with Gasteiger partial charge in [0.05, 0.1) is 11.6 Å². The molecule has 0 aliphatic heterocycles. The molecular formula is C9H4FNOS. The summed E-state index contributed by atoms with van der Waals surface area (Å²) in [6.45, 7) is 0. The van der Waals surface area contributed by atoms with Crippen LogP contribution < -0.4 is 0 Å². The van der Waals surface area contributed by atoms with Crippen molar-refractivity contribution in [3.63, 3.8) is 0 Å². The molecule has 4 heteroatoms. The van der Waals surface area contributed by atoms with E-state index in [1.165, 1.54) is 6.07 Å². The van der Waals surface area contributed by atoms with Crippen molar-refractivity contribution in [3.05, 3.63) is 28.9 Å². The Kier molecular flexibility index (Phi) is 1.67. The highest BCUT2D eigenvalue weighted by Gasteiger charge is 2.10. The highest BCUT2D eigenvalue weighted by Crippen LogP contribution is 2.35. The van der Waals surface area contributed by atoms with Crippen LogP contribution in [0.25, 0.3) is 10.1 Å². The number of hydrogen-bond acceptors (Lipinski definition) is 3. The van der Waals surface area contributed by atoms with Gasteiger partial charge in [-0.3, -0.25) is 0 Å². The van der Waals surface area contributed by atoms with Crippen molar-refractivity contribution >= 4 is 21.4 Å². The van der Waals surface area contributed by atoms with Crippen LogP contribution in [0, 0.1) is 16.5 Å². The fourth-order valence-electron chi connectivity index (χ4n) is 1.12. The lowest BCUT2D eigenvalue weighted by atomic mass is 10.2. The van der Waals surface area contributed by atoms with Crippen molar-refractivity contribution in [2.24, 2.45) is 0 Å². The van der Waals surface area contributed by atoms with E-state index in [1.54, 1.807) is 12.1 Å². The van der Waals surface area contributed by atoms with Crippen molar-refractivity contribution in [3.8, 4) is 11.8 Å². The molecule has 0 fully saturated rings. The van der Waals surface area contributed by atoms with Gasteiger partial charge in [0.1, 0.15) is 0 Å². The Morgan fingerprint density at radius 2 is 2.23 bits per heavy atom. The number of halogens is 1. The number of rotatable bonds is 0. The Hall–Kier alpha value is -1.60. The zero-order valence-corrected chi connectivity index (χ0v) is 7.23. The van der Waals surface area contributed by atoms with E-state index < -0.39 is 5.13 Å². The van der Waals surface area contributed by atoms with Gasteiger partial charge < -0.3 is 5.11 Å². The summed E-state index contributed by atoms with van der Waals surface area (Å²) >= 11 is 0.872. The Morgan fingerprint density at radius 3 is 2.92 bits per heavy atom.